The molecule has 0 aromatic carbocycles. The molecule has 0 rings (SSSR count). The van der Waals surface area contributed by atoms with Crippen LogP contribution in [0, 0.1) is 0 Å². The van der Waals surface area contributed by atoms with E-state index in [2.05, 4.69) is 4.52 Å². The molecule has 1 atom stereocenters. The van der Waals surface area contributed by atoms with Crippen molar-refractivity contribution in [2.24, 2.45) is 0 Å². The van der Waals surface area contributed by atoms with Gasteiger partial charge in [0.05, 0.1) is 0 Å². The van der Waals surface area contributed by atoms with Crippen LogP contribution < -0.4 is 0 Å². The molecule has 0 radical (unpaired) electrons. The summed E-state index contributed by atoms with van der Waals surface area (Å²) in [6.45, 7) is 1.45. The summed E-state index contributed by atoms with van der Waals surface area (Å²) in [4.78, 5) is 53.9. The molecule has 11 heteroatoms. The molecule has 0 heterocycles. The van der Waals surface area contributed by atoms with Crippen LogP contribution in [-0.4, -0.2) is 36.0 Å². The van der Waals surface area contributed by atoms with Crippen molar-refractivity contribution in [3.63, 3.8) is 0 Å². The Kier molecular flexibility index (Phi) is 6.11. The summed E-state index contributed by atoms with van der Waals surface area (Å²) in [5.41, 5.74) is 0. The molecule has 0 aromatic heterocycles. The fraction of sp³-hybridized carbons (Fsp3) is 1.00. The minimum atomic E-state index is -4.64. The fourth-order valence-electron chi connectivity index (χ4n) is 0.549. The molecular formula is C2H14O7P4. The molecule has 1 unspecified atom stereocenters. The molecule has 13 heavy (non-hydrogen) atoms. The number of hydrogen-bond acceptors (Lipinski definition) is 7. The Morgan fingerprint density at radius 1 is 1.31 bits per heavy atom. The van der Waals surface area contributed by atoms with Gasteiger partial charge in [0, 0.05) is 0 Å². The van der Waals surface area contributed by atoms with Gasteiger partial charge in [-0.15, -0.1) is 0 Å². The Hall–Kier alpha value is 1.44. The molecule has 84 valence electrons. The molecule has 0 amide bonds. The first-order chi connectivity index (χ1) is 5.81. The van der Waals surface area contributed by atoms with Gasteiger partial charge < -0.3 is 0 Å². The van der Waals surface area contributed by atoms with E-state index in [1.165, 1.54) is 6.92 Å². The van der Waals surface area contributed by atoms with Crippen molar-refractivity contribution in [1.82, 2.24) is 0 Å². The third kappa shape index (κ3) is 3.20. The van der Waals surface area contributed by atoms with Crippen molar-refractivity contribution < 1.29 is 33.9 Å². The Bertz CT molecular complexity index is 163. The maximum atomic E-state index is 9.46. The Morgan fingerprint density at radius 3 is 2.00 bits per heavy atom. The van der Waals surface area contributed by atoms with Crippen LogP contribution in [0.3, 0.4) is 0 Å². The van der Waals surface area contributed by atoms with Crippen molar-refractivity contribution in [3.8, 4) is 0 Å². The fourth-order valence-corrected chi connectivity index (χ4v) is 13.0. The second-order valence-corrected chi connectivity index (χ2v) is 18.4. The van der Waals surface area contributed by atoms with Crippen LogP contribution in [0.4, 0.5) is 0 Å². The predicted molar refractivity (Wildman–Crippen MR) is 56.8 cm³/mol. The summed E-state index contributed by atoms with van der Waals surface area (Å²) in [6, 6.07) is 0. The van der Waals surface area contributed by atoms with Crippen LogP contribution in [0.2, 0.25) is 0 Å². The molecule has 7 nitrogen and oxygen atoms in total. The van der Waals surface area contributed by atoms with Crippen LogP contribution >= 0.6 is 30.7 Å². The maximum absolute atomic E-state index is 9.46. The number of hydrogen-bond donors (Lipinski definition) is 6. The normalized spacial score (nSPS) is 17.2. The summed E-state index contributed by atoms with van der Waals surface area (Å²) in [5.74, 6) is 0. The molecule has 6 N–H and O–H groups in total. The van der Waals surface area contributed by atoms with Gasteiger partial charge in [-0.3, -0.25) is 0 Å². The van der Waals surface area contributed by atoms with E-state index in [1.807, 2.05) is 0 Å². The zero-order valence-electron chi connectivity index (χ0n) is 6.75. The van der Waals surface area contributed by atoms with E-state index < -0.39 is 30.7 Å². The van der Waals surface area contributed by atoms with E-state index in [0.29, 0.717) is 0 Å². The van der Waals surface area contributed by atoms with Gasteiger partial charge >= 0.3 is 78.2 Å². The molecule has 0 aromatic rings. The summed E-state index contributed by atoms with van der Waals surface area (Å²) < 4.78 is 4.62. The first-order valence-electron chi connectivity index (χ1n) is 3.22. The van der Waals surface area contributed by atoms with Gasteiger partial charge in [-0.1, -0.05) is 0 Å². The van der Waals surface area contributed by atoms with Gasteiger partial charge in [0.2, 0.25) is 0 Å². The van der Waals surface area contributed by atoms with Crippen LogP contribution in [0.25, 0.3) is 0 Å². The first kappa shape index (κ1) is 14.4. The Labute approximate surface area is 78.9 Å². The summed E-state index contributed by atoms with van der Waals surface area (Å²) >= 11 is 0. The molecule has 0 fully saturated rings. The van der Waals surface area contributed by atoms with E-state index in [-0.39, 0.29) is 6.61 Å². The van der Waals surface area contributed by atoms with Crippen LogP contribution in [0.5, 0.6) is 0 Å². The predicted octanol–water partition coefficient (Wildman–Crippen LogP) is -0.213. The zero-order valence-corrected chi connectivity index (χ0v) is 10.6. The molecule has 0 aliphatic heterocycles. The molecular weight excluding hydrogens is 260 g/mol. The summed E-state index contributed by atoms with van der Waals surface area (Å²) in [7, 11) is -13.1. The molecule has 0 saturated carbocycles. The average molecular weight is 274 g/mol. The molecule has 0 aliphatic rings. The van der Waals surface area contributed by atoms with E-state index in [9.17, 15) is 14.7 Å². The van der Waals surface area contributed by atoms with E-state index in [4.69, 9.17) is 14.7 Å². The van der Waals surface area contributed by atoms with E-state index in [1.54, 1.807) is 0 Å². The third-order valence-corrected chi connectivity index (χ3v) is 20.5. The van der Waals surface area contributed by atoms with Crippen molar-refractivity contribution >= 4 is 30.7 Å². The Balaban J connectivity index is 4.72. The first-order valence-corrected chi connectivity index (χ1v) is 12.0. The molecule has 0 saturated heterocycles. The summed E-state index contributed by atoms with van der Waals surface area (Å²) in [5, 5.41) is 0. The summed E-state index contributed by atoms with van der Waals surface area (Å²) in [6.07, 6.45) is 0. The van der Waals surface area contributed by atoms with Gasteiger partial charge in [0.15, 0.2) is 0 Å². The SMILES string of the molecule is CCO[PH](O)(PO)[PH](O)(O)P(O)O. The molecule has 0 spiro atoms. The second-order valence-electron chi connectivity index (χ2n) is 2.11. The molecule has 0 bridgehead atoms. The van der Waals surface area contributed by atoms with Crippen LogP contribution in [-0.2, 0) is 4.52 Å². The van der Waals surface area contributed by atoms with Crippen molar-refractivity contribution in [1.29, 1.82) is 0 Å². The standard InChI is InChI=1S/C2H14O7P4/c1-2-9-13(8,10-3)12(6,7)11(4)5/h3-8,10,12-13H,2H2,1H3. The topological polar surface area (TPSA) is 131 Å². The quantitative estimate of drug-likeness (QED) is 0.382. The van der Waals surface area contributed by atoms with Crippen LogP contribution in [0.15, 0.2) is 0 Å². The minimum absolute atomic E-state index is 0.0324. The zero-order chi connectivity index (χ0) is 10.7. The number of rotatable bonds is 5. The van der Waals surface area contributed by atoms with Crippen molar-refractivity contribution in [3.05, 3.63) is 0 Å². The van der Waals surface area contributed by atoms with E-state index in [0.717, 1.165) is 0 Å². The van der Waals surface area contributed by atoms with Crippen molar-refractivity contribution in [2.45, 2.75) is 6.92 Å². The second kappa shape index (κ2) is 5.50. The average Bonchev–Trinajstić information content (AvgIpc) is 2.04. The van der Waals surface area contributed by atoms with Gasteiger partial charge in [-0.25, -0.2) is 0 Å². The van der Waals surface area contributed by atoms with Crippen LogP contribution in [0.1, 0.15) is 6.92 Å². The monoisotopic (exact) mass is 274 g/mol. The molecule has 0 aliphatic carbocycles. The van der Waals surface area contributed by atoms with Gasteiger partial charge in [0.25, 0.3) is 0 Å². The van der Waals surface area contributed by atoms with Gasteiger partial charge in [-0.2, -0.15) is 0 Å². The van der Waals surface area contributed by atoms with Crippen molar-refractivity contribution in [2.75, 3.05) is 6.61 Å². The van der Waals surface area contributed by atoms with E-state index >= 15 is 0 Å². The third-order valence-electron chi connectivity index (χ3n) is 1.24. The van der Waals surface area contributed by atoms with Gasteiger partial charge in [-0.05, 0) is 0 Å². The van der Waals surface area contributed by atoms with Gasteiger partial charge in [0.1, 0.15) is 0 Å². The Morgan fingerprint density at radius 2 is 1.77 bits per heavy atom.